The first-order chi connectivity index (χ1) is 16.4. The van der Waals surface area contributed by atoms with Crippen molar-refractivity contribution in [3.63, 3.8) is 0 Å². The van der Waals surface area contributed by atoms with E-state index in [9.17, 15) is 9.59 Å². The number of pyridine rings is 1. The third-order valence-electron chi connectivity index (χ3n) is 5.17. The minimum atomic E-state index is -0.316. The molecule has 0 unspecified atom stereocenters. The maximum Gasteiger partial charge on any atom is 0.310 e. The Labute approximate surface area is 204 Å². The van der Waals surface area contributed by atoms with Crippen molar-refractivity contribution < 1.29 is 19.1 Å². The number of amides is 1. The van der Waals surface area contributed by atoms with Gasteiger partial charge in [-0.25, -0.2) is 4.98 Å². The molecule has 0 spiro atoms. The molecule has 0 saturated heterocycles. The highest BCUT2D eigenvalue weighted by atomic mass is 35.5. The minimum Gasteiger partial charge on any atom is -0.466 e. The van der Waals surface area contributed by atoms with E-state index in [1.165, 1.54) is 6.20 Å². The number of aryl methyl sites for hydroxylation is 1. The molecule has 1 aromatic carbocycles. The average molecular weight is 482 g/mol. The highest BCUT2D eigenvalue weighted by molar-refractivity contribution is 6.32. The Kier molecular flexibility index (Phi) is 8.49. The molecule has 0 aliphatic rings. The van der Waals surface area contributed by atoms with Gasteiger partial charge in [0.25, 0.3) is 5.91 Å². The Bertz CT molecular complexity index is 1190. The Hall–Kier alpha value is -3.58. The van der Waals surface area contributed by atoms with Gasteiger partial charge in [0, 0.05) is 18.8 Å². The summed E-state index contributed by atoms with van der Waals surface area (Å²) >= 11 is 6.30. The number of anilines is 1. The van der Waals surface area contributed by atoms with Crippen molar-refractivity contribution in [1.29, 1.82) is 0 Å². The van der Waals surface area contributed by atoms with Gasteiger partial charge in [-0.1, -0.05) is 37.6 Å². The van der Waals surface area contributed by atoms with E-state index >= 15 is 0 Å². The Morgan fingerprint density at radius 2 is 2.00 bits per heavy atom. The van der Waals surface area contributed by atoms with E-state index in [4.69, 9.17) is 21.1 Å². The highest BCUT2D eigenvalue weighted by Gasteiger charge is 2.16. The lowest BCUT2D eigenvalue weighted by molar-refractivity contribution is -0.142. The Balaban J connectivity index is 1.66. The first-order valence-corrected chi connectivity index (χ1v) is 11.4. The molecule has 1 amide bonds. The summed E-state index contributed by atoms with van der Waals surface area (Å²) < 4.78 is 12.5. The third-order valence-corrected chi connectivity index (χ3v) is 5.46. The number of aromatic nitrogens is 2. The summed E-state index contributed by atoms with van der Waals surface area (Å²) in [6, 6.07) is 10.3. The number of benzene rings is 1. The van der Waals surface area contributed by atoms with Crippen LogP contribution >= 0.6 is 11.6 Å². The predicted molar refractivity (Wildman–Crippen MR) is 134 cm³/mol. The molecule has 0 saturated carbocycles. The zero-order valence-electron chi connectivity index (χ0n) is 19.6. The number of rotatable bonds is 10. The first kappa shape index (κ1) is 25.1. The number of carbonyl (C=O) groups excluding carboxylic acids is 2. The average Bonchev–Trinajstić information content (AvgIpc) is 3.12. The molecule has 0 fully saturated rings. The van der Waals surface area contributed by atoms with Crippen LogP contribution in [0.2, 0.25) is 5.02 Å². The summed E-state index contributed by atoms with van der Waals surface area (Å²) in [7, 11) is 1.85. The second-order valence-electron chi connectivity index (χ2n) is 7.64. The lowest BCUT2D eigenvalue weighted by Crippen LogP contribution is -2.16. The van der Waals surface area contributed by atoms with E-state index in [1.807, 2.05) is 17.7 Å². The van der Waals surface area contributed by atoms with Gasteiger partial charge in [-0.3, -0.25) is 9.59 Å². The molecule has 8 heteroatoms. The summed E-state index contributed by atoms with van der Waals surface area (Å²) in [6.45, 7) is 8.05. The zero-order valence-corrected chi connectivity index (χ0v) is 20.3. The number of carbonyl (C=O) groups is 2. The van der Waals surface area contributed by atoms with Crippen molar-refractivity contribution in [2.75, 3.05) is 11.9 Å². The fourth-order valence-electron chi connectivity index (χ4n) is 3.57. The zero-order chi connectivity index (χ0) is 24.7. The van der Waals surface area contributed by atoms with E-state index in [-0.39, 0.29) is 18.3 Å². The molecule has 0 bridgehead atoms. The number of ether oxygens (including phenoxy) is 2. The van der Waals surface area contributed by atoms with Gasteiger partial charge in [0.05, 0.1) is 29.9 Å². The molecule has 7 nitrogen and oxygen atoms in total. The maximum absolute atomic E-state index is 12.8. The molecule has 0 aliphatic heterocycles. The standard InChI is InChI=1S/C26H28ClN3O4/c1-5-8-18-15-22(30(4)21(18)6-2)26(32)29-19-10-12-24(28-16-19)34-23-11-9-17(13-20(23)27)14-25(31)33-7-3/h6,9-13,15-16H,2,5,7-8,14H2,1,3-4H3,(H,29,32). The van der Waals surface area contributed by atoms with Crippen LogP contribution in [0.1, 0.15) is 47.6 Å². The number of hydrogen-bond acceptors (Lipinski definition) is 5. The van der Waals surface area contributed by atoms with Crippen LogP contribution in [0.4, 0.5) is 5.69 Å². The summed E-state index contributed by atoms with van der Waals surface area (Å²) in [5.41, 5.74) is 3.85. The van der Waals surface area contributed by atoms with Gasteiger partial charge in [-0.15, -0.1) is 0 Å². The van der Waals surface area contributed by atoms with E-state index in [1.54, 1.807) is 43.3 Å². The van der Waals surface area contributed by atoms with Crippen LogP contribution in [0.5, 0.6) is 11.6 Å². The van der Waals surface area contributed by atoms with Crippen molar-refractivity contribution in [2.45, 2.75) is 33.1 Å². The fourth-order valence-corrected chi connectivity index (χ4v) is 3.82. The molecule has 3 aromatic rings. The smallest absolute Gasteiger partial charge is 0.310 e. The quantitative estimate of drug-likeness (QED) is 0.369. The van der Waals surface area contributed by atoms with Crippen LogP contribution in [0.25, 0.3) is 6.08 Å². The van der Waals surface area contributed by atoms with Gasteiger partial charge in [-0.05, 0) is 54.8 Å². The molecule has 2 aromatic heterocycles. The van der Waals surface area contributed by atoms with E-state index < -0.39 is 0 Å². The van der Waals surface area contributed by atoms with Crippen LogP contribution in [-0.4, -0.2) is 28.0 Å². The number of nitrogens with one attached hydrogen (secondary N) is 1. The molecule has 0 radical (unpaired) electrons. The summed E-state index contributed by atoms with van der Waals surface area (Å²) in [5, 5.41) is 3.21. The molecular weight excluding hydrogens is 454 g/mol. The van der Waals surface area contributed by atoms with Gasteiger partial charge in [0.2, 0.25) is 5.88 Å². The van der Waals surface area contributed by atoms with Crippen molar-refractivity contribution in [3.05, 3.63) is 76.7 Å². The molecular formula is C26H28ClN3O4. The molecule has 3 rings (SSSR count). The third kappa shape index (κ3) is 6.05. The molecule has 178 valence electrons. The Morgan fingerprint density at radius 3 is 2.62 bits per heavy atom. The van der Waals surface area contributed by atoms with E-state index in [0.29, 0.717) is 34.6 Å². The second kappa shape index (κ2) is 11.5. The lowest BCUT2D eigenvalue weighted by atomic mass is 10.1. The highest BCUT2D eigenvalue weighted by Crippen LogP contribution is 2.30. The van der Waals surface area contributed by atoms with E-state index in [0.717, 1.165) is 29.7 Å². The van der Waals surface area contributed by atoms with Gasteiger partial charge >= 0.3 is 5.97 Å². The van der Waals surface area contributed by atoms with Crippen LogP contribution in [0.3, 0.4) is 0 Å². The SMILES string of the molecule is C=Cc1c(CCC)cc(C(=O)Nc2ccc(Oc3ccc(CC(=O)OCC)cc3Cl)nc2)n1C. The minimum absolute atomic E-state index is 0.135. The van der Waals surface area contributed by atoms with Gasteiger partial charge in [-0.2, -0.15) is 0 Å². The van der Waals surface area contributed by atoms with Crippen molar-refractivity contribution in [1.82, 2.24) is 9.55 Å². The number of esters is 1. The van der Waals surface area contributed by atoms with Gasteiger partial charge < -0.3 is 19.4 Å². The number of hydrogen-bond donors (Lipinski definition) is 1. The van der Waals surface area contributed by atoms with Crippen LogP contribution < -0.4 is 10.1 Å². The number of nitrogens with zero attached hydrogens (tertiary/aromatic N) is 2. The summed E-state index contributed by atoms with van der Waals surface area (Å²) in [5.74, 6) is 0.173. The monoisotopic (exact) mass is 481 g/mol. The Morgan fingerprint density at radius 1 is 1.21 bits per heavy atom. The topological polar surface area (TPSA) is 82.4 Å². The van der Waals surface area contributed by atoms with Gasteiger partial charge in [0.15, 0.2) is 0 Å². The molecule has 2 heterocycles. The first-order valence-electron chi connectivity index (χ1n) is 11.1. The normalized spacial score (nSPS) is 10.6. The molecule has 1 N–H and O–H groups in total. The van der Waals surface area contributed by atoms with Gasteiger partial charge in [0.1, 0.15) is 11.4 Å². The predicted octanol–water partition coefficient (Wildman–Crippen LogP) is 5.82. The second-order valence-corrected chi connectivity index (χ2v) is 8.05. The van der Waals surface area contributed by atoms with Crippen LogP contribution in [0, 0.1) is 0 Å². The van der Waals surface area contributed by atoms with Crippen molar-refractivity contribution in [3.8, 4) is 11.6 Å². The van der Waals surface area contributed by atoms with Crippen LogP contribution in [0.15, 0.2) is 49.2 Å². The summed E-state index contributed by atoms with van der Waals surface area (Å²) in [6.07, 6.45) is 5.28. The largest absolute Gasteiger partial charge is 0.466 e. The van der Waals surface area contributed by atoms with Crippen molar-refractivity contribution >= 4 is 35.2 Å². The van der Waals surface area contributed by atoms with E-state index in [2.05, 4.69) is 23.8 Å². The lowest BCUT2D eigenvalue weighted by Gasteiger charge is -2.10. The van der Waals surface area contributed by atoms with Crippen LogP contribution in [-0.2, 0) is 29.4 Å². The molecule has 0 aliphatic carbocycles. The molecule has 34 heavy (non-hydrogen) atoms. The number of halogens is 1. The summed E-state index contributed by atoms with van der Waals surface area (Å²) in [4.78, 5) is 28.7. The fraction of sp³-hybridized carbons (Fsp3) is 0.269. The van der Waals surface area contributed by atoms with Crippen molar-refractivity contribution in [2.24, 2.45) is 7.05 Å². The maximum atomic E-state index is 12.8. The molecule has 0 atom stereocenters.